The molecule has 1 saturated heterocycles. The molecule has 3 fully saturated rings. The maximum absolute atomic E-state index is 13.3. The average molecular weight is 441 g/mol. The van der Waals surface area contributed by atoms with Crippen molar-refractivity contribution in [3.63, 3.8) is 0 Å². The van der Waals surface area contributed by atoms with Crippen molar-refractivity contribution in [1.82, 2.24) is 24.4 Å². The molecule has 0 radical (unpaired) electrons. The van der Waals surface area contributed by atoms with Crippen LogP contribution in [0.2, 0.25) is 0 Å². The average Bonchev–Trinajstić information content (AvgIpc) is 3.47. The summed E-state index contributed by atoms with van der Waals surface area (Å²) >= 11 is 0. The zero-order valence-electron chi connectivity index (χ0n) is 17.8. The molecule has 0 unspecified atom stereocenters. The van der Waals surface area contributed by atoms with E-state index in [0.29, 0.717) is 50.0 Å². The second-order valence-electron chi connectivity index (χ2n) is 8.77. The number of hydrogen-bond donors (Lipinski definition) is 2. The molecule has 2 saturated carbocycles. The van der Waals surface area contributed by atoms with Gasteiger partial charge in [0.05, 0.1) is 19.4 Å². The van der Waals surface area contributed by atoms with Gasteiger partial charge in [-0.25, -0.2) is 0 Å². The number of ether oxygens (including phenoxy) is 1. The normalized spacial score (nSPS) is 19.4. The van der Waals surface area contributed by atoms with E-state index in [1.54, 1.807) is 11.0 Å². The highest BCUT2D eigenvalue weighted by atomic mass is 16.5. The van der Waals surface area contributed by atoms with Gasteiger partial charge >= 0.3 is 0 Å². The summed E-state index contributed by atoms with van der Waals surface area (Å²) in [5.41, 5.74) is 0.0994. The van der Waals surface area contributed by atoms with Crippen molar-refractivity contribution in [2.24, 2.45) is 5.92 Å². The molecule has 3 heterocycles. The lowest BCUT2D eigenvalue weighted by Crippen LogP contribution is -2.39. The predicted molar refractivity (Wildman–Crippen MR) is 115 cm³/mol. The Morgan fingerprint density at radius 3 is 2.62 bits per heavy atom. The molecular weight excluding hydrogens is 414 g/mol. The van der Waals surface area contributed by atoms with Gasteiger partial charge in [0.1, 0.15) is 5.65 Å². The second-order valence-corrected chi connectivity index (χ2v) is 8.77. The SMILES string of the molecule is O=C(NC1CC1)c1c(O)n2ncc(C=CC(=O)N3CCOCC3)c2n(CC2CCC2)c1=O. The van der Waals surface area contributed by atoms with Gasteiger partial charge in [-0.15, -0.1) is 0 Å². The molecule has 2 aromatic rings. The molecule has 32 heavy (non-hydrogen) atoms. The zero-order chi connectivity index (χ0) is 22.2. The van der Waals surface area contributed by atoms with Gasteiger partial charge in [0.15, 0.2) is 5.56 Å². The van der Waals surface area contributed by atoms with Crippen LogP contribution in [0.1, 0.15) is 48.0 Å². The molecule has 1 aliphatic heterocycles. The Labute approximate surface area is 184 Å². The Bertz CT molecular complexity index is 1140. The minimum atomic E-state index is -0.575. The molecule has 3 aliphatic rings. The number of aromatic hydroxyl groups is 1. The van der Waals surface area contributed by atoms with Crippen LogP contribution in [0.25, 0.3) is 11.7 Å². The molecular formula is C22H27N5O5. The molecule has 0 atom stereocenters. The van der Waals surface area contributed by atoms with Crippen molar-refractivity contribution in [1.29, 1.82) is 0 Å². The third-order valence-electron chi connectivity index (χ3n) is 6.44. The minimum absolute atomic E-state index is 0.0550. The van der Waals surface area contributed by atoms with Crippen LogP contribution in [-0.4, -0.2) is 68.3 Å². The van der Waals surface area contributed by atoms with Gasteiger partial charge in [0.2, 0.25) is 11.8 Å². The highest BCUT2D eigenvalue weighted by molar-refractivity contribution is 5.97. The quantitative estimate of drug-likeness (QED) is 0.639. The number of rotatable bonds is 6. The van der Waals surface area contributed by atoms with E-state index in [1.165, 1.54) is 21.4 Å². The van der Waals surface area contributed by atoms with Gasteiger partial charge in [-0.05, 0) is 37.7 Å². The first-order valence-electron chi connectivity index (χ1n) is 11.2. The van der Waals surface area contributed by atoms with E-state index >= 15 is 0 Å². The van der Waals surface area contributed by atoms with E-state index in [2.05, 4.69) is 10.4 Å². The summed E-state index contributed by atoms with van der Waals surface area (Å²) in [6.45, 7) is 2.53. The molecule has 10 heteroatoms. The van der Waals surface area contributed by atoms with Crippen molar-refractivity contribution in [2.75, 3.05) is 26.3 Å². The van der Waals surface area contributed by atoms with Crippen molar-refractivity contribution in [2.45, 2.75) is 44.7 Å². The molecule has 0 spiro atoms. The van der Waals surface area contributed by atoms with Crippen molar-refractivity contribution >= 4 is 23.5 Å². The number of nitrogens with one attached hydrogen (secondary N) is 1. The van der Waals surface area contributed by atoms with Crippen molar-refractivity contribution in [3.05, 3.63) is 33.8 Å². The van der Waals surface area contributed by atoms with E-state index in [-0.39, 0.29) is 17.5 Å². The standard InChI is InChI=1S/C22H27N5O5/c28-17(25-8-10-32-11-9-25)7-4-15-12-23-27-20(15)26(13-14-2-1-3-14)21(30)18(22(27)31)19(29)24-16-5-6-16/h4,7,12,14,16,31H,1-3,5-6,8-11,13H2,(H,24,29). The number of carbonyl (C=O) groups is 2. The topological polar surface area (TPSA) is 118 Å². The Balaban J connectivity index is 1.54. The molecule has 2 N–H and O–H groups in total. The number of fused-ring (bicyclic) bond motifs is 1. The van der Waals surface area contributed by atoms with Gasteiger partial charge in [-0.2, -0.15) is 9.61 Å². The Morgan fingerprint density at radius 1 is 1.22 bits per heavy atom. The van der Waals surface area contributed by atoms with Crippen LogP contribution < -0.4 is 10.9 Å². The fourth-order valence-corrected chi connectivity index (χ4v) is 4.17. The molecule has 2 aliphatic carbocycles. The molecule has 170 valence electrons. The highest BCUT2D eigenvalue weighted by Gasteiger charge is 2.31. The van der Waals surface area contributed by atoms with Crippen LogP contribution in [0.4, 0.5) is 0 Å². The molecule has 10 nitrogen and oxygen atoms in total. The summed E-state index contributed by atoms with van der Waals surface area (Å²) in [7, 11) is 0. The van der Waals surface area contributed by atoms with Gasteiger partial charge in [-0.3, -0.25) is 19.0 Å². The van der Waals surface area contributed by atoms with E-state index < -0.39 is 17.3 Å². The van der Waals surface area contributed by atoms with Crippen LogP contribution in [0.15, 0.2) is 17.1 Å². The number of aromatic nitrogens is 3. The minimum Gasteiger partial charge on any atom is -0.492 e. The van der Waals surface area contributed by atoms with Crippen LogP contribution in [0, 0.1) is 5.92 Å². The third kappa shape index (κ3) is 3.90. The lowest BCUT2D eigenvalue weighted by molar-refractivity contribution is -0.129. The highest BCUT2D eigenvalue weighted by Crippen LogP contribution is 2.29. The number of morpholine rings is 1. The molecule has 0 bridgehead atoms. The Hall–Kier alpha value is -3.14. The number of carbonyl (C=O) groups excluding carboxylic acids is 2. The van der Waals surface area contributed by atoms with Crippen LogP contribution in [0.5, 0.6) is 5.88 Å². The van der Waals surface area contributed by atoms with Crippen LogP contribution >= 0.6 is 0 Å². The molecule has 2 amide bonds. The Morgan fingerprint density at radius 2 is 1.97 bits per heavy atom. The second kappa shape index (κ2) is 8.42. The summed E-state index contributed by atoms with van der Waals surface area (Å²) in [6, 6.07) is 0.0550. The largest absolute Gasteiger partial charge is 0.492 e. The van der Waals surface area contributed by atoms with Gasteiger partial charge in [0, 0.05) is 37.3 Å². The van der Waals surface area contributed by atoms with Crippen molar-refractivity contribution in [3.8, 4) is 5.88 Å². The van der Waals surface area contributed by atoms with E-state index in [1.807, 2.05) is 0 Å². The summed E-state index contributed by atoms with van der Waals surface area (Å²) in [5.74, 6) is -0.867. The van der Waals surface area contributed by atoms with E-state index in [9.17, 15) is 19.5 Å². The fraction of sp³-hybridized carbons (Fsp3) is 0.545. The van der Waals surface area contributed by atoms with Gasteiger partial charge in [0.25, 0.3) is 11.5 Å². The summed E-state index contributed by atoms with van der Waals surface area (Å²) in [4.78, 5) is 40.3. The molecule has 0 aromatic carbocycles. The first-order valence-corrected chi connectivity index (χ1v) is 11.2. The molecule has 5 rings (SSSR count). The van der Waals surface area contributed by atoms with Gasteiger partial charge in [-0.1, -0.05) is 6.42 Å². The number of amides is 2. The number of hydrogen-bond acceptors (Lipinski definition) is 6. The van der Waals surface area contributed by atoms with Crippen molar-refractivity contribution < 1.29 is 19.4 Å². The Kier molecular flexibility index (Phi) is 5.46. The monoisotopic (exact) mass is 441 g/mol. The first-order chi connectivity index (χ1) is 15.5. The van der Waals surface area contributed by atoms with Gasteiger partial charge < -0.3 is 20.1 Å². The summed E-state index contributed by atoms with van der Waals surface area (Å²) in [5, 5.41) is 17.8. The van der Waals surface area contributed by atoms with E-state index in [4.69, 9.17) is 4.74 Å². The maximum atomic E-state index is 13.3. The number of nitrogens with zero attached hydrogens (tertiary/aromatic N) is 4. The maximum Gasteiger partial charge on any atom is 0.270 e. The van der Waals surface area contributed by atoms with Crippen LogP contribution in [0.3, 0.4) is 0 Å². The summed E-state index contributed by atoms with van der Waals surface area (Å²) < 4.78 is 8.03. The zero-order valence-corrected chi connectivity index (χ0v) is 17.8. The third-order valence-corrected chi connectivity index (χ3v) is 6.44. The summed E-state index contributed by atoms with van der Waals surface area (Å²) in [6.07, 6.45) is 9.44. The molecule has 2 aromatic heterocycles. The van der Waals surface area contributed by atoms with E-state index in [0.717, 1.165) is 32.1 Å². The fourth-order valence-electron chi connectivity index (χ4n) is 4.17. The first kappa shape index (κ1) is 20.7. The predicted octanol–water partition coefficient (Wildman–Crippen LogP) is 0.766. The van der Waals surface area contributed by atoms with Crippen LogP contribution in [-0.2, 0) is 16.1 Å². The lowest BCUT2D eigenvalue weighted by atomic mass is 9.85. The smallest absolute Gasteiger partial charge is 0.270 e. The lowest BCUT2D eigenvalue weighted by Gasteiger charge is -2.27.